The monoisotopic (exact) mass is 314 g/mol. The van der Waals surface area contributed by atoms with Crippen LogP contribution in [-0.4, -0.2) is 51.7 Å². The summed E-state index contributed by atoms with van der Waals surface area (Å²) in [4.78, 5) is 37.4. The van der Waals surface area contributed by atoms with Crippen LogP contribution in [0.4, 0.5) is 0 Å². The van der Waals surface area contributed by atoms with Crippen LogP contribution in [0.15, 0.2) is 15.8 Å². The lowest BCUT2D eigenvalue weighted by Crippen LogP contribution is -2.35. The fraction of sp³-hybridized carbons (Fsp3) is 0.615. The molecule has 1 aromatic heterocycles. The van der Waals surface area contributed by atoms with Crippen LogP contribution in [0.1, 0.15) is 31.1 Å². The Kier molecular flexibility index (Phi) is 4.79. The lowest BCUT2D eigenvalue weighted by atomic mass is 10.1. The highest BCUT2D eigenvalue weighted by molar-refractivity contribution is 5.77. The van der Waals surface area contributed by atoms with Gasteiger partial charge in [0.05, 0.1) is 25.7 Å². The molecule has 0 aliphatic carbocycles. The number of esters is 1. The van der Waals surface area contributed by atoms with E-state index in [1.54, 1.807) is 0 Å². The molecule has 122 valence electrons. The van der Waals surface area contributed by atoms with Crippen molar-refractivity contribution in [1.82, 2.24) is 9.55 Å². The maximum Gasteiger partial charge on any atom is 0.330 e. The van der Waals surface area contributed by atoms with Crippen LogP contribution in [-0.2, 0) is 14.3 Å². The van der Waals surface area contributed by atoms with Gasteiger partial charge >= 0.3 is 11.7 Å². The SMILES string of the molecule is COC(=O)C(C)c1cn([C@H]2C[C@H](O)[C@@H](CO)O2)c(=O)[nH]c1=O. The molecule has 1 aliphatic heterocycles. The fourth-order valence-electron chi connectivity index (χ4n) is 2.38. The van der Waals surface area contributed by atoms with Gasteiger partial charge in [-0.3, -0.25) is 19.1 Å². The molecule has 2 rings (SSSR count). The number of hydrogen-bond donors (Lipinski definition) is 3. The van der Waals surface area contributed by atoms with Gasteiger partial charge in [-0.1, -0.05) is 0 Å². The van der Waals surface area contributed by atoms with E-state index >= 15 is 0 Å². The summed E-state index contributed by atoms with van der Waals surface area (Å²) in [6, 6.07) is 0. The molecule has 0 bridgehead atoms. The molecular formula is C13H18N2O7. The van der Waals surface area contributed by atoms with Gasteiger partial charge in [-0.05, 0) is 6.92 Å². The van der Waals surface area contributed by atoms with E-state index < -0.39 is 41.6 Å². The van der Waals surface area contributed by atoms with Crippen LogP contribution in [0.2, 0.25) is 0 Å². The summed E-state index contributed by atoms with van der Waals surface area (Å²) in [6.45, 7) is 1.09. The first kappa shape index (κ1) is 16.4. The second-order valence-corrected chi connectivity index (χ2v) is 5.11. The van der Waals surface area contributed by atoms with Crippen molar-refractivity contribution in [2.45, 2.75) is 37.7 Å². The van der Waals surface area contributed by atoms with Crippen molar-refractivity contribution >= 4 is 5.97 Å². The zero-order chi connectivity index (χ0) is 16.4. The highest BCUT2D eigenvalue weighted by Crippen LogP contribution is 2.27. The average molecular weight is 314 g/mol. The van der Waals surface area contributed by atoms with Gasteiger partial charge in [-0.25, -0.2) is 4.79 Å². The van der Waals surface area contributed by atoms with Crippen LogP contribution in [0.5, 0.6) is 0 Å². The number of methoxy groups -OCH3 is 1. The number of aliphatic hydroxyl groups excluding tert-OH is 2. The van der Waals surface area contributed by atoms with Crippen molar-refractivity contribution in [2.75, 3.05) is 13.7 Å². The number of nitrogens with one attached hydrogen (secondary N) is 1. The van der Waals surface area contributed by atoms with E-state index in [9.17, 15) is 19.5 Å². The van der Waals surface area contributed by atoms with Crippen molar-refractivity contribution in [3.8, 4) is 0 Å². The summed E-state index contributed by atoms with van der Waals surface area (Å²) in [7, 11) is 1.20. The number of carbonyl (C=O) groups is 1. The van der Waals surface area contributed by atoms with Gasteiger partial charge in [0.1, 0.15) is 12.3 Å². The van der Waals surface area contributed by atoms with E-state index in [-0.39, 0.29) is 18.6 Å². The molecule has 2 heterocycles. The summed E-state index contributed by atoms with van der Waals surface area (Å²) in [5.41, 5.74) is -1.35. The van der Waals surface area contributed by atoms with Crippen LogP contribution < -0.4 is 11.2 Å². The summed E-state index contributed by atoms with van der Waals surface area (Å²) in [6.07, 6.45) is -1.25. The second-order valence-electron chi connectivity index (χ2n) is 5.11. The fourth-order valence-corrected chi connectivity index (χ4v) is 2.38. The molecular weight excluding hydrogens is 296 g/mol. The maximum absolute atomic E-state index is 11.9. The molecule has 4 atom stereocenters. The average Bonchev–Trinajstić information content (AvgIpc) is 2.86. The third-order valence-electron chi connectivity index (χ3n) is 3.71. The first-order valence-corrected chi connectivity index (χ1v) is 6.76. The number of nitrogens with zero attached hydrogens (tertiary/aromatic N) is 1. The number of ether oxygens (including phenoxy) is 2. The van der Waals surface area contributed by atoms with E-state index in [4.69, 9.17) is 9.84 Å². The summed E-state index contributed by atoms with van der Waals surface area (Å²) in [5, 5.41) is 18.8. The van der Waals surface area contributed by atoms with E-state index in [0.29, 0.717) is 0 Å². The molecule has 0 saturated carbocycles. The first-order chi connectivity index (χ1) is 10.4. The molecule has 1 aromatic rings. The molecule has 1 unspecified atom stereocenters. The van der Waals surface area contributed by atoms with Gasteiger partial charge < -0.3 is 19.7 Å². The second kappa shape index (κ2) is 6.42. The first-order valence-electron chi connectivity index (χ1n) is 6.76. The Morgan fingerprint density at radius 3 is 2.82 bits per heavy atom. The smallest absolute Gasteiger partial charge is 0.330 e. The van der Waals surface area contributed by atoms with Crippen LogP contribution in [0, 0.1) is 0 Å². The standard InChI is InChI=1S/C13H18N2O7/c1-6(12(19)21-2)7-4-15(13(20)14-11(7)18)10-3-8(17)9(5-16)22-10/h4,6,8-10,16-17H,3,5H2,1-2H3,(H,14,18,20)/t6?,8-,9+,10+/m0/s1. The molecule has 0 amide bonds. The Hall–Kier alpha value is -1.97. The van der Waals surface area contributed by atoms with Crippen molar-refractivity contribution in [1.29, 1.82) is 0 Å². The number of carbonyl (C=O) groups excluding carboxylic acids is 1. The number of rotatable bonds is 4. The van der Waals surface area contributed by atoms with E-state index in [1.165, 1.54) is 20.2 Å². The molecule has 1 saturated heterocycles. The molecule has 0 aromatic carbocycles. The third-order valence-corrected chi connectivity index (χ3v) is 3.71. The maximum atomic E-state index is 11.9. The van der Waals surface area contributed by atoms with Crippen molar-refractivity contribution in [3.05, 3.63) is 32.6 Å². The molecule has 0 radical (unpaired) electrons. The number of aromatic amines is 1. The minimum atomic E-state index is -0.921. The molecule has 3 N–H and O–H groups in total. The van der Waals surface area contributed by atoms with Crippen LogP contribution >= 0.6 is 0 Å². The molecule has 1 fully saturated rings. The molecule has 22 heavy (non-hydrogen) atoms. The topological polar surface area (TPSA) is 131 Å². The molecule has 9 heteroatoms. The molecule has 0 spiro atoms. The Labute approximate surface area is 125 Å². The normalized spacial score (nSPS) is 25.9. The van der Waals surface area contributed by atoms with Crippen LogP contribution in [0.25, 0.3) is 0 Å². The molecule has 9 nitrogen and oxygen atoms in total. The zero-order valence-corrected chi connectivity index (χ0v) is 12.2. The van der Waals surface area contributed by atoms with E-state index in [0.717, 1.165) is 4.57 Å². The number of aliphatic hydroxyl groups is 2. The Morgan fingerprint density at radius 1 is 1.59 bits per heavy atom. The Balaban J connectivity index is 2.40. The number of hydrogen-bond acceptors (Lipinski definition) is 7. The van der Waals surface area contributed by atoms with Gasteiger partial charge in [0.15, 0.2) is 0 Å². The van der Waals surface area contributed by atoms with Gasteiger partial charge in [0.25, 0.3) is 5.56 Å². The quantitative estimate of drug-likeness (QED) is 0.574. The molecule has 1 aliphatic rings. The zero-order valence-electron chi connectivity index (χ0n) is 12.2. The number of H-pyrrole nitrogens is 1. The van der Waals surface area contributed by atoms with Gasteiger partial charge in [-0.15, -0.1) is 0 Å². The largest absolute Gasteiger partial charge is 0.469 e. The van der Waals surface area contributed by atoms with Crippen molar-refractivity contribution < 1.29 is 24.5 Å². The predicted molar refractivity (Wildman–Crippen MR) is 73.4 cm³/mol. The summed E-state index contributed by atoms with van der Waals surface area (Å²) in [5.74, 6) is -1.48. The Bertz CT molecular complexity index is 665. The highest BCUT2D eigenvalue weighted by Gasteiger charge is 2.35. The minimum Gasteiger partial charge on any atom is -0.469 e. The summed E-state index contributed by atoms with van der Waals surface area (Å²) < 4.78 is 11.1. The Morgan fingerprint density at radius 2 is 2.27 bits per heavy atom. The van der Waals surface area contributed by atoms with Gasteiger partial charge in [-0.2, -0.15) is 0 Å². The highest BCUT2D eigenvalue weighted by atomic mass is 16.5. The lowest BCUT2D eigenvalue weighted by Gasteiger charge is -2.16. The lowest BCUT2D eigenvalue weighted by molar-refractivity contribution is -0.142. The van der Waals surface area contributed by atoms with Crippen molar-refractivity contribution in [2.24, 2.45) is 0 Å². The van der Waals surface area contributed by atoms with E-state index in [2.05, 4.69) is 9.72 Å². The predicted octanol–water partition coefficient (Wildman–Crippen LogP) is -1.55. The van der Waals surface area contributed by atoms with E-state index in [1.807, 2.05) is 0 Å². The van der Waals surface area contributed by atoms with Gasteiger partial charge in [0, 0.05) is 18.2 Å². The number of aromatic nitrogens is 2. The van der Waals surface area contributed by atoms with Crippen molar-refractivity contribution in [3.63, 3.8) is 0 Å². The summed E-state index contributed by atoms with van der Waals surface area (Å²) >= 11 is 0. The third kappa shape index (κ3) is 2.96. The minimum absolute atomic E-state index is 0.0528. The van der Waals surface area contributed by atoms with Gasteiger partial charge in [0.2, 0.25) is 0 Å². The van der Waals surface area contributed by atoms with Crippen LogP contribution in [0.3, 0.4) is 0 Å².